The molecule has 0 aliphatic carbocycles. The van der Waals surface area contributed by atoms with E-state index in [1.807, 2.05) is 18.2 Å². The molecule has 2 amide bonds. The van der Waals surface area contributed by atoms with Crippen molar-refractivity contribution in [2.45, 2.75) is 13.0 Å². The van der Waals surface area contributed by atoms with Gasteiger partial charge in [-0.1, -0.05) is 29.8 Å². The molecule has 1 saturated heterocycles. The lowest BCUT2D eigenvalue weighted by Gasteiger charge is -2.17. The molecule has 2 aliphatic heterocycles. The van der Waals surface area contributed by atoms with Gasteiger partial charge in [-0.15, -0.1) is 0 Å². The van der Waals surface area contributed by atoms with E-state index in [2.05, 4.69) is 5.32 Å². The SMILES string of the molecule is O=C(Nc1ccc2c(c1)OCO2)C1CC(=O)N(Cc2ccccc2Cl)C1. The van der Waals surface area contributed by atoms with E-state index in [0.29, 0.717) is 35.3 Å². The Bertz CT molecular complexity index is 870. The third-order valence-electron chi connectivity index (χ3n) is 4.54. The summed E-state index contributed by atoms with van der Waals surface area (Å²) >= 11 is 6.16. The van der Waals surface area contributed by atoms with Crippen molar-refractivity contribution >= 4 is 29.1 Å². The number of ether oxygens (including phenoxy) is 2. The van der Waals surface area contributed by atoms with Gasteiger partial charge in [-0.05, 0) is 23.8 Å². The van der Waals surface area contributed by atoms with Gasteiger partial charge in [0.15, 0.2) is 11.5 Å². The minimum absolute atomic E-state index is 0.0456. The summed E-state index contributed by atoms with van der Waals surface area (Å²) in [5.74, 6) is 0.639. The first-order valence-electron chi connectivity index (χ1n) is 8.32. The molecule has 7 heteroatoms. The van der Waals surface area contributed by atoms with Crippen LogP contribution in [0, 0.1) is 5.92 Å². The molecule has 0 saturated carbocycles. The van der Waals surface area contributed by atoms with E-state index in [-0.39, 0.29) is 25.0 Å². The predicted octanol–water partition coefficient (Wildman–Crippen LogP) is 3.06. The number of carbonyl (C=O) groups excluding carboxylic acids is 2. The van der Waals surface area contributed by atoms with Gasteiger partial charge in [0.25, 0.3) is 0 Å². The number of hydrogen-bond donors (Lipinski definition) is 1. The lowest BCUT2D eigenvalue weighted by molar-refractivity contribution is -0.128. The summed E-state index contributed by atoms with van der Waals surface area (Å²) in [7, 11) is 0. The van der Waals surface area contributed by atoms with Crippen LogP contribution in [0.4, 0.5) is 5.69 Å². The molecule has 0 spiro atoms. The van der Waals surface area contributed by atoms with Crippen LogP contribution in [0.25, 0.3) is 0 Å². The van der Waals surface area contributed by atoms with Crippen molar-refractivity contribution in [2.75, 3.05) is 18.7 Å². The topological polar surface area (TPSA) is 67.9 Å². The standard InChI is InChI=1S/C19H17ClN2O4/c20-15-4-2-1-3-12(15)9-22-10-13(7-18(22)23)19(24)21-14-5-6-16-17(8-14)26-11-25-16/h1-6,8,13H,7,9-11H2,(H,21,24). The van der Waals surface area contributed by atoms with Gasteiger partial charge < -0.3 is 19.7 Å². The quantitative estimate of drug-likeness (QED) is 0.895. The third kappa shape index (κ3) is 3.32. The maximum Gasteiger partial charge on any atom is 0.231 e. The average Bonchev–Trinajstić information content (AvgIpc) is 3.23. The minimum Gasteiger partial charge on any atom is -0.454 e. The van der Waals surface area contributed by atoms with Gasteiger partial charge in [0.1, 0.15) is 0 Å². The van der Waals surface area contributed by atoms with Gasteiger partial charge in [-0.25, -0.2) is 0 Å². The van der Waals surface area contributed by atoms with Crippen LogP contribution < -0.4 is 14.8 Å². The molecule has 2 aromatic rings. The predicted molar refractivity (Wildman–Crippen MR) is 96.2 cm³/mol. The molecule has 2 aliphatic rings. The highest BCUT2D eigenvalue weighted by Crippen LogP contribution is 2.34. The summed E-state index contributed by atoms with van der Waals surface area (Å²) in [4.78, 5) is 26.5. The Morgan fingerprint density at radius 1 is 1.19 bits per heavy atom. The first-order valence-corrected chi connectivity index (χ1v) is 8.69. The Morgan fingerprint density at radius 3 is 2.85 bits per heavy atom. The Labute approximate surface area is 155 Å². The second-order valence-corrected chi connectivity index (χ2v) is 6.73. The molecule has 134 valence electrons. The van der Waals surface area contributed by atoms with Crippen LogP contribution in [0.3, 0.4) is 0 Å². The van der Waals surface area contributed by atoms with Crippen LogP contribution in [0.5, 0.6) is 11.5 Å². The highest BCUT2D eigenvalue weighted by Gasteiger charge is 2.34. The highest BCUT2D eigenvalue weighted by molar-refractivity contribution is 6.31. The minimum atomic E-state index is -0.393. The van der Waals surface area contributed by atoms with Crippen LogP contribution in [0.1, 0.15) is 12.0 Å². The molecule has 1 fully saturated rings. The van der Waals surface area contributed by atoms with E-state index in [9.17, 15) is 9.59 Å². The Morgan fingerprint density at radius 2 is 2.00 bits per heavy atom. The normalized spacial score (nSPS) is 18.3. The second-order valence-electron chi connectivity index (χ2n) is 6.32. The smallest absolute Gasteiger partial charge is 0.231 e. The number of fused-ring (bicyclic) bond motifs is 1. The molecule has 26 heavy (non-hydrogen) atoms. The van der Waals surface area contributed by atoms with E-state index in [0.717, 1.165) is 5.56 Å². The van der Waals surface area contributed by atoms with E-state index < -0.39 is 5.92 Å². The summed E-state index contributed by atoms with van der Waals surface area (Å²) in [6, 6.07) is 12.6. The van der Waals surface area contributed by atoms with Crippen molar-refractivity contribution in [1.82, 2.24) is 4.90 Å². The number of amides is 2. The summed E-state index contributed by atoms with van der Waals surface area (Å²) in [5.41, 5.74) is 1.50. The van der Waals surface area contributed by atoms with Crippen LogP contribution in [-0.4, -0.2) is 30.1 Å². The summed E-state index contributed by atoms with van der Waals surface area (Å²) in [5, 5.41) is 3.47. The molecule has 2 aromatic carbocycles. The van der Waals surface area contributed by atoms with Gasteiger partial charge in [-0.2, -0.15) is 0 Å². The number of carbonyl (C=O) groups is 2. The molecule has 4 rings (SSSR count). The average molecular weight is 373 g/mol. The van der Waals surface area contributed by atoms with Crippen LogP contribution in [0.2, 0.25) is 5.02 Å². The van der Waals surface area contributed by atoms with Crippen molar-refractivity contribution in [3.05, 3.63) is 53.1 Å². The zero-order chi connectivity index (χ0) is 18.1. The largest absolute Gasteiger partial charge is 0.454 e. The number of rotatable bonds is 4. The third-order valence-corrected chi connectivity index (χ3v) is 4.91. The number of nitrogens with one attached hydrogen (secondary N) is 1. The molecule has 2 heterocycles. The number of benzene rings is 2. The zero-order valence-electron chi connectivity index (χ0n) is 13.9. The number of nitrogens with zero attached hydrogens (tertiary/aromatic N) is 1. The van der Waals surface area contributed by atoms with Gasteiger partial charge in [0.05, 0.1) is 5.92 Å². The highest BCUT2D eigenvalue weighted by atomic mass is 35.5. The van der Waals surface area contributed by atoms with E-state index in [1.54, 1.807) is 29.2 Å². The zero-order valence-corrected chi connectivity index (χ0v) is 14.7. The van der Waals surface area contributed by atoms with Gasteiger partial charge in [-0.3, -0.25) is 9.59 Å². The first kappa shape index (κ1) is 16.7. The maximum absolute atomic E-state index is 12.5. The Balaban J connectivity index is 1.40. The van der Waals surface area contributed by atoms with E-state index >= 15 is 0 Å². The molecule has 0 aromatic heterocycles. The van der Waals surface area contributed by atoms with Crippen molar-refractivity contribution in [3.63, 3.8) is 0 Å². The van der Waals surface area contributed by atoms with Gasteiger partial charge in [0, 0.05) is 36.3 Å². The molecular formula is C19H17ClN2O4. The number of anilines is 1. The molecular weight excluding hydrogens is 356 g/mol. The molecule has 1 atom stereocenters. The van der Waals surface area contributed by atoms with Gasteiger partial charge >= 0.3 is 0 Å². The molecule has 0 bridgehead atoms. The van der Waals surface area contributed by atoms with Crippen LogP contribution >= 0.6 is 11.6 Å². The molecule has 1 N–H and O–H groups in total. The summed E-state index contributed by atoms with van der Waals surface area (Å²) in [6.45, 7) is 0.966. The first-order chi connectivity index (χ1) is 12.6. The van der Waals surface area contributed by atoms with Gasteiger partial charge in [0.2, 0.25) is 18.6 Å². The fourth-order valence-corrected chi connectivity index (χ4v) is 3.35. The summed E-state index contributed by atoms with van der Waals surface area (Å²) in [6.07, 6.45) is 0.195. The van der Waals surface area contributed by atoms with Crippen molar-refractivity contribution < 1.29 is 19.1 Å². The van der Waals surface area contributed by atoms with Crippen LogP contribution in [-0.2, 0) is 16.1 Å². The van der Waals surface area contributed by atoms with E-state index in [1.165, 1.54) is 0 Å². The lowest BCUT2D eigenvalue weighted by Crippen LogP contribution is -2.28. The Kier molecular flexibility index (Phi) is 4.42. The molecule has 1 unspecified atom stereocenters. The fraction of sp³-hybridized carbons (Fsp3) is 0.263. The molecule has 6 nitrogen and oxygen atoms in total. The Hall–Kier alpha value is -2.73. The maximum atomic E-state index is 12.5. The van der Waals surface area contributed by atoms with Crippen molar-refractivity contribution in [1.29, 1.82) is 0 Å². The van der Waals surface area contributed by atoms with Crippen LogP contribution in [0.15, 0.2) is 42.5 Å². The summed E-state index contributed by atoms with van der Waals surface area (Å²) < 4.78 is 10.6. The number of hydrogen-bond acceptors (Lipinski definition) is 4. The monoisotopic (exact) mass is 372 g/mol. The van der Waals surface area contributed by atoms with E-state index in [4.69, 9.17) is 21.1 Å². The van der Waals surface area contributed by atoms with Crippen molar-refractivity contribution in [2.24, 2.45) is 5.92 Å². The molecule has 0 radical (unpaired) electrons. The fourth-order valence-electron chi connectivity index (χ4n) is 3.15. The number of halogens is 1. The lowest BCUT2D eigenvalue weighted by atomic mass is 10.1. The van der Waals surface area contributed by atoms with Crippen molar-refractivity contribution in [3.8, 4) is 11.5 Å². The second kappa shape index (κ2) is 6.88. The number of likely N-dealkylation sites (tertiary alicyclic amines) is 1.